The molecule has 0 fully saturated rings. The van der Waals surface area contributed by atoms with Crippen LogP contribution in [0.3, 0.4) is 0 Å². The summed E-state index contributed by atoms with van der Waals surface area (Å²) >= 11 is 0. The van der Waals surface area contributed by atoms with Crippen molar-refractivity contribution in [1.29, 1.82) is 0 Å². The Hall–Kier alpha value is -1.93. The summed E-state index contributed by atoms with van der Waals surface area (Å²) in [5.41, 5.74) is 1.33. The topological polar surface area (TPSA) is 113 Å². The van der Waals surface area contributed by atoms with Crippen molar-refractivity contribution in [3.05, 3.63) is 29.8 Å². The van der Waals surface area contributed by atoms with Gasteiger partial charge in [0, 0.05) is 19.2 Å². The molecule has 0 saturated heterocycles. The largest absolute Gasteiger partial charge is 0.481 e. The van der Waals surface area contributed by atoms with E-state index in [-0.39, 0.29) is 12.5 Å². The van der Waals surface area contributed by atoms with Crippen LogP contribution in [0, 0.1) is 0 Å². The van der Waals surface area contributed by atoms with Gasteiger partial charge in [0.25, 0.3) is 0 Å². The number of benzene rings is 1. The molecule has 0 aliphatic carbocycles. The maximum atomic E-state index is 11.5. The number of carboxylic acids is 1. The molecule has 7 nitrogen and oxygen atoms in total. The first kappa shape index (κ1) is 16.1. The summed E-state index contributed by atoms with van der Waals surface area (Å²) in [4.78, 5) is 21.2. The van der Waals surface area contributed by atoms with Crippen LogP contribution in [-0.4, -0.2) is 31.2 Å². The molecule has 8 heteroatoms. The maximum Gasteiger partial charge on any atom is 0.304 e. The number of hydrogen-bond acceptors (Lipinski definition) is 4. The number of aliphatic carboxylic acids is 1. The standard InChI is InChI=1S/C12H16N2O5S/c1-9(15)14-11-4-2-10(3-5-11)8-13-20(18,19)7-6-12(16)17/h2-5,13H,6-8H2,1H3,(H,14,15)(H,16,17). The molecule has 0 bridgehead atoms. The zero-order valence-corrected chi connectivity index (χ0v) is 11.7. The third kappa shape index (κ3) is 6.30. The molecule has 0 unspecified atom stereocenters. The molecule has 0 radical (unpaired) electrons. The van der Waals surface area contributed by atoms with Gasteiger partial charge < -0.3 is 10.4 Å². The van der Waals surface area contributed by atoms with E-state index in [4.69, 9.17) is 5.11 Å². The fourth-order valence-corrected chi connectivity index (χ4v) is 2.37. The second-order valence-electron chi connectivity index (χ2n) is 4.16. The lowest BCUT2D eigenvalue weighted by Crippen LogP contribution is -2.27. The molecular formula is C12H16N2O5S. The fraction of sp³-hybridized carbons (Fsp3) is 0.333. The second-order valence-corrected chi connectivity index (χ2v) is 6.09. The maximum absolute atomic E-state index is 11.5. The van der Waals surface area contributed by atoms with Gasteiger partial charge in [-0.15, -0.1) is 0 Å². The SMILES string of the molecule is CC(=O)Nc1ccc(CNS(=O)(=O)CCC(=O)O)cc1. The Morgan fingerprint density at radius 1 is 1.20 bits per heavy atom. The molecule has 0 saturated carbocycles. The predicted octanol–water partition coefficient (Wildman–Crippen LogP) is 0.539. The first-order valence-corrected chi connectivity index (χ1v) is 7.49. The van der Waals surface area contributed by atoms with E-state index in [0.717, 1.165) is 0 Å². The van der Waals surface area contributed by atoms with E-state index in [9.17, 15) is 18.0 Å². The number of rotatable bonds is 7. The normalized spacial score (nSPS) is 11.1. The lowest BCUT2D eigenvalue weighted by Gasteiger charge is -2.07. The van der Waals surface area contributed by atoms with E-state index >= 15 is 0 Å². The molecule has 1 rings (SSSR count). The Labute approximate surface area is 117 Å². The number of carbonyl (C=O) groups excluding carboxylic acids is 1. The minimum Gasteiger partial charge on any atom is -0.481 e. The van der Waals surface area contributed by atoms with E-state index in [1.54, 1.807) is 24.3 Å². The highest BCUT2D eigenvalue weighted by molar-refractivity contribution is 7.89. The third-order valence-electron chi connectivity index (χ3n) is 2.36. The smallest absolute Gasteiger partial charge is 0.304 e. The van der Waals surface area contributed by atoms with Crippen molar-refractivity contribution in [2.75, 3.05) is 11.1 Å². The highest BCUT2D eigenvalue weighted by Gasteiger charge is 2.12. The summed E-state index contributed by atoms with van der Waals surface area (Å²) in [7, 11) is -3.60. The molecule has 0 spiro atoms. The molecule has 1 aromatic rings. The van der Waals surface area contributed by atoms with Gasteiger partial charge in [-0.05, 0) is 17.7 Å². The number of amides is 1. The van der Waals surface area contributed by atoms with E-state index in [2.05, 4.69) is 10.0 Å². The van der Waals surface area contributed by atoms with Gasteiger partial charge in [0.2, 0.25) is 15.9 Å². The molecule has 1 aromatic carbocycles. The molecule has 0 aromatic heterocycles. The number of anilines is 1. The van der Waals surface area contributed by atoms with Crippen molar-refractivity contribution in [3.8, 4) is 0 Å². The number of nitrogens with one attached hydrogen (secondary N) is 2. The first-order chi connectivity index (χ1) is 9.28. The summed E-state index contributed by atoms with van der Waals surface area (Å²) in [6, 6.07) is 6.65. The van der Waals surface area contributed by atoms with Crippen LogP contribution in [0.4, 0.5) is 5.69 Å². The minimum absolute atomic E-state index is 0.0717. The van der Waals surface area contributed by atoms with Crippen LogP contribution in [0.15, 0.2) is 24.3 Å². The monoisotopic (exact) mass is 300 g/mol. The summed E-state index contributed by atoms with van der Waals surface area (Å²) in [5.74, 6) is -1.80. The third-order valence-corrected chi connectivity index (χ3v) is 3.68. The zero-order chi connectivity index (χ0) is 15.2. The van der Waals surface area contributed by atoms with Gasteiger partial charge in [0.15, 0.2) is 0 Å². The first-order valence-electron chi connectivity index (χ1n) is 5.84. The molecule has 0 heterocycles. The zero-order valence-electron chi connectivity index (χ0n) is 10.9. The average molecular weight is 300 g/mol. The Kier molecular flexibility index (Phi) is 5.66. The summed E-state index contributed by atoms with van der Waals surface area (Å²) in [6.07, 6.45) is -0.434. The predicted molar refractivity (Wildman–Crippen MR) is 73.6 cm³/mol. The van der Waals surface area contributed by atoms with Gasteiger partial charge in [-0.2, -0.15) is 0 Å². The number of carboxylic acid groups (broad SMARTS) is 1. The number of hydrogen-bond donors (Lipinski definition) is 3. The van der Waals surface area contributed by atoms with Crippen LogP contribution < -0.4 is 10.0 Å². The van der Waals surface area contributed by atoms with Crippen molar-refractivity contribution >= 4 is 27.6 Å². The van der Waals surface area contributed by atoms with Gasteiger partial charge in [0.05, 0.1) is 12.2 Å². The van der Waals surface area contributed by atoms with E-state index in [1.165, 1.54) is 6.92 Å². The average Bonchev–Trinajstić information content (AvgIpc) is 2.35. The van der Waals surface area contributed by atoms with Gasteiger partial charge >= 0.3 is 5.97 Å². The minimum atomic E-state index is -3.60. The van der Waals surface area contributed by atoms with Crippen molar-refractivity contribution in [1.82, 2.24) is 4.72 Å². The van der Waals surface area contributed by atoms with E-state index in [1.807, 2.05) is 0 Å². The van der Waals surface area contributed by atoms with Gasteiger partial charge in [-0.3, -0.25) is 9.59 Å². The second kappa shape index (κ2) is 7.01. The van der Waals surface area contributed by atoms with Gasteiger partial charge in [0.1, 0.15) is 0 Å². The number of sulfonamides is 1. The van der Waals surface area contributed by atoms with Gasteiger partial charge in [-0.25, -0.2) is 13.1 Å². The quantitative estimate of drug-likeness (QED) is 0.680. The molecule has 0 aliphatic rings. The Balaban J connectivity index is 2.53. The molecule has 1 amide bonds. The van der Waals surface area contributed by atoms with Crippen molar-refractivity contribution in [3.63, 3.8) is 0 Å². The molecule has 3 N–H and O–H groups in total. The lowest BCUT2D eigenvalue weighted by molar-refractivity contribution is -0.136. The van der Waals surface area contributed by atoms with Crippen molar-refractivity contribution < 1.29 is 23.1 Å². The van der Waals surface area contributed by atoms with Crippen LogP contribution >= 0.6 is 0 Å². The van der Waals surface area contributed by atoms with Crippen LogP contribution in [0.1, 0.15) is 18.9 Å². The lowest BCUT2D eigenvalue weighted by atomic mass is 10.2. The van der Waals surface area contributed by atoms with Crippen molar-refractivity contribution in [2.45, 2.75) is 19.9 Å². The van der Waals surface area contributed by atoms with Crippen molar-refractivity contribution in [2.24, 2.45) is 0 Å². The highest BCUT2D eigenvalue weighted by Crippen LogP contribution is 2.09. The van der Waals surface area contributed by atoms with E-state index in [0.29, 0.717) is 11.3 Å². The highest BCUT2D eigenvalue weighted by atomic mass is 32.2. The summed E-state index contributed by atoms with van der Waals surface area (Å²) < 4.78 is 25.3. The van der Waals surface area contributed by atoms with Crippen LogP contribution in [0.5, 0.6) is 0 Å². The Morgan fingerprint density at radius 2 is 1.80 bits per heavy atom. The molecular weight excluding hydrogens is 284 g/mol. The van der Waals surface area contributed by atoms with Gasteiger partial charge in [-0.1, -0.05) is 12.1 Å². The molecule has 20 heavy (non-hydrogen) atoms. The van der Waals surface area contributed by atoms with Crippen LogP contribution in [-0.2, 0) is 26.2 Å². The Bertz CT molecular complexity index is 580. The molecule has 0 atom stereocenters. The number of carbonyl (C=O) groups is 2. The Morgan fingerprint density at radius 3 is 2.30 bits per heavy atom. The van der Waals surface area contributed by atoms with Crippen LogP contribution in [0.25, 0.3) is 0 Å². The fourth-order valence-electron chi connectivity index (χ4n) is 1.40. The molecule has 110 valence electrons. The van der Waals surface area contributed by atoms with E-state index < -0.39 is 28.2 Å². The van der Waals surface area contributed by atoms with Crippen LogP contribution in [0.2, 0.25) is 0 Å². The summed E-state index contributed by atoms with van der Waals surface area (Å²) in [6.45, 7) is 1.47. The molecule has 0 aliphatic heterocycles. The summed E-state index contributed by atoms with van der Waals surface area (Å²) in [5, 5.41) is 11.0.